The number of rotatable bonds is 5. The first kappa shape index (κ1) is 13.8. The average molecular weight is 270 g/mol. The van der Waals surface area contributed by atoms with E-state index in [1.54, 1.807) is 24.3 Å². The lowest BCUT2D eigenvalue weighted by Gasteiger charge is -2.03. The Balaban J connectivity index is 1.85. The van der Waals surface area contributed by atoms with Crippen LogP contribution in [-0.4, -0.2) is 13.1 Å². The topological polar surface area (TPSA) is 75.3 Å². The Labute approximate surface area is 116 Å². The number of hydrogen-bond donors (Lipinski definition) is 1. The fraction of sp³-hybridized carbons (Fsp3) is 0.200. The molecule has 0 bridgehead atoms. The van der Waals surface area contributed by atoms with Crippen LogP contribution in [0, 0.1) is 11.3 Å². The van der Waals surface area contributed by atoms with Crippen molar-refractivity contribution in [2.24, 2.45) is 0 Å². The molecule has 0 unspecified atom stereocenters. The Hall–Kier alpha value is -2.58. The number of nitriles is 1. The molecular weight excluding hydrogens is 256 g/mol. The highest BCUT2D eigenvalue weighted by Crippen LogP contribution is 2.09. The van der Waals surface area contributed by atoms with Crippen molar-refractivity contribution in [3.05, 3.63) is 59.0 Å². The second-order valence-electron chi connectivity index (χ2n) is 4.17. The standard InChI is InChI=1S/C15H14N2O3/c1-19-15(18)14-7-6-13(20-14)10-17-9-12-4-2-11(8-16)3-5-12/h2-7,17H,9-10H2,1H3. The summed E-state index contributed by atoms with van der Waals surface area (Å²) in [4.78, 5) is 11.2. The van der Waals surface area contributed by atoms with E-state index in [4.69, 9.17) is 9.68 Å². The third-order valence-electron chi connectivity index (χ3n) is 2.76. The average Bonchev–Trinajstić information content (AvgIpc) is 2.96. The molecule has 102 valence electrons. The maximum Gasteiger partial charge on any atom is 0.373 e. The van der Waals surface area contributed by atoms with Gasteiger partial charge in [-0.1, -0.05) is 12.1 Å². The summed E-state index contributed by atoms with van der Waals surface area (Å²) in [5, 5.41) is 11.9. The van der Waals surface area contributed by atoms with Crippen molar-refractivity contribution in [1.29, 1.82) is 5.26 Å². The van der Waals surface area contributed by atoms with Crippen LogP contribution in [0.2, 0.25) is 0 Å². The fourth-order valence-corrected chi connectivity index (χ4v) is 1.71. The minimum Gasteiger partial charge on any atom is -0.463 e. The minimum atomic E-state index is -0.483. The van der Waals surface area contributed by atoms with Crippen LogP contribution in [0.1, 0.15) is 27.4 Å². The van der Waals surface area contributed by atoms with Crippen LogP contribution in [0.15, 0.2) is 40.8 Å². The van der Waals surface area contributed by atoms with Gasteiger partial charge in [0, 0.05) is 6.54 Å². The molecule has 20 heavy (non-hydrogen) atoms. The number of hydrogen-bond acceptors (Lipinski definition) is 5. The number of esters is 1. The van der Waals surface area contributed by atoms with Gasteiger partial charge in [-0.2, -0.15) is 5.26 Å². The molecule has 0 aliphatic rings. The smallest absolute Gasteiger partial charge is 0.373 e. The van der Waals surface area contributed by atoms with Gasteiger partial charge in [0.15, 0.2) is 0 Å². The second-order valence-corrected chi connectivity index (χ2v) is 4.17. The summed E-state index contributed by atoms with van der Waals surface area (Å²) in [7, 11) is 1.31. The summed E-state index contributed by atoms with van der Waals surface area (Å²) >= 11 is 0. The van der Waals surface area contributed by atoms with Crippen molar-refractivity contribution < 1.29 is 13.9 Å². The first-order valence-corrected chi connectivity index (χ1v) is 6.09. The Morgan fingerprint density at radius 1 is 1.25 bits per heavy atom. The zero-order chi connectivity index (χ0) is 14.4. The van der Waals surface area contributed by atoms with E-state index in [1.165, 1.54) is 7.11 Å². The van der Waals surface area contributed by atoms with E-state index in [-0.39, 0.29) is 5.76 Å². The molecule has 5 heteroatoms. The molecule has 0 spiro atoms. The highest BCUT2D eigenvalue weighted by atomic mass is 16.5. The van der Waals surface area contributed by atoms with Gasteiger partial charge in [-0.25, -0.2) is 4.79 Å². The predicted molar refractivity (Wildman–Crippen MR) is 71.7 cm³/mol. The predicted octanol–water partition coefficient (Wildman–Crippen LogP) is 2.23. The lowest BCUT2D eigenvalue weighted by Crippen LogP contribution is -2.12. The van der Waals surface area contributed by atoms with E-state index < -0.39 is 5.97 Å². The zero-order valence-electron chi connectivity index (χ0n) is 11.1. The molecule has 1 N–H and O–H groups in total. The summed E-state index contributed by atoms with van der Waals surface area (Å²) in [6, 6.07) is 12.7. The number of furan rings is 1. The fourth-order valence-electron chi connectivity index (χ4n) is 1.71. The molecule has 0 fully saturated rings. The van der Waals surface area contributed by atoms with Crippen molar-refractivity contribution >= 4 is 5.97 Å². The molecule has 0 atom stereocenters. The van der Waals surface area contributed by atoms with Crippen molar-refractivity contribution in [3.8, 4) is 6.07 Å². The third-order valence-corrected chi connectivity index (χ3v) is 2.76. The van der Waals surface area contributed by atoms with Crippen molar-refractivity contribution in [2.75, 3.05) is 7.11 Å². The summed E-state index contributed by atoms with van der Waals surface area (Å²) in [6.45, 7) is 1.16. The van der Waals surface area contributed by atoms with Crippen LogP contribution < -0.4 is 5.32 Å². The van der Waals surface area contributed by atoms with Crippen molar-refractivity contribution in [3.63, 3.8) is 0 Å². The van der Waals surface area contributed by atoms with Gasteiger partial charge in [0.1, 0.15) is 5.76 Å². The molecule has 0 radical (unpaired) electrons. The van der Waals surface area contributed by atoms with Crippen LogP contribution in [0.25, 0.3) is 0 Å². The van der Waals surface area contributed by atoms with E-state index >= 15 is 0 Å². The molecular formula is C15H14N2O3. The monoisotopic (exact) mass is 270 g/mol. The summed E-state index contributed by atoms with van der Waals surface area (Å²) in [6.07, 6.45) is 0. The lowest BCUT2D eigenvalue weighted by atomic mass is 10.1. The van der Waals surface area contributed by atoms with Gasteiger partial charge in [0.25, 0.3) is 0 Å². The van der Waals surface area contributed by atoms with Gasteiger partial charge in [-0.05, 0) is 29.8 Å². The van der Waals surface area contributed by atoms with E-state index in [2.05, 4.69) is 16.1 Å². The minimum absolute atomic E-state index is 0.197. The highest BCUT2D eigenvalue weighted by Gasteiger charge is 2.10. The molecule has 0 aliphatic carbocycles. The first-order chi connectivity index (χ1) is 9.72. The first-order valence-electron chi connectivity index (χ1n) is 6.09. The molecule has 1 aromatic carbocycles. The SMILES string of the molecule is COC(=O)c1ccc(CNCc2ccc(C#N)cc2)o1. The van der Waals surface area contributed by atoms with Crippen LogP contribution in [0.4, 0.5) is 0 Å². The molecule has 0 amide bonds. The van der Waals surface area contributed by atoms with Crippen molar-refractivity contribution in [2.45, 2.75) is 13.1 Å². The van der Waals surface area contributed by atoms with Crippen LogP contribution in [0.3, 0.4) is 0 Å². The second kappa shape index (κ2) is 6.55. The summed E-state index contributed by atoms with van der Waals surface area (Å²) in [5.74, 6) is 0.380. The highest BCUT2D eigenvalue weighted by molar-refractivity contribution is 5.86. The van der Waals surface area contributed by atoms with E-state index in [9.17, 15) is 4.79 Å². The van der Waals surface area contributed by atoms with Crippen LogP contribution >= 0.6 is 0 Å². The van der Waals surface area contributed by atoms with Crippen molar-refractivity contribution in [1.82, 2.24) is 5.32 Å². The zero-order valence-corrected chi connectivity index (χ0v) is 11.1. The maximum atomic E-state index is 11.2. The van der Waals surface area contributed by atoms with E-state index in [0.717, 1.165) is 5.56 Å². The quantitative estimate of drug-likeness (QED) is 0.843. The normalized spacial score (nSPS) is 10.0. The maximum absolute atomic E-state index is 11.2. The van der Waals surface area contributed by atoms with Gasteiger partial charge in [-0.15, -0.1) is 0 Å². The number of carbonyl (C=O) groups excluding carboxylic acids is 1. The van der Waals surface area contributed by atoms with Gasteiger partial charge in [-0.3, -0.25) is 0 Å². The Morgan fingerprint density at radius 3 is 2.65 bits per heavy atom. The van der Waals surface area contributed by atoms with E-state index in [0.29, 0.717) is 24.4 Å². The number of nitrogens with zero attached hydrogens (tertiary/aromatic N) is 1. The van der Waals surface area contributed by atoms with E-state index in [1.807, 2.05) is 12.1 Å². The third kappa shape index (κ3) is 3.46. The van der Waals surface area contributed by atoms with Crippen LogP contribution in [-0.2, 0) is 17.8 Å². The number of ether oxygens (including phenoxy) is 1. The molecule has 5 nitrogen and oxygen atoms in total. The number of carbonyl (C=O) groups is 1. The summed E-state index contributed by atoms with van der Waals surface area (Å²) < 4.78 is 9.90. The molecule has 0 aliphatic heterocycles. The number of nitrogens with one attached hydrogen (secondary N) is 1. The lowest BCUT2D eigenvalue weighted by molar-refractivity contribution is 0.0563. The Kier molecular flexibility index (Phi) is 4.53. The number of benzene rings is 1. The molecule has 1 aromatic heterocycles. The van der Waals surface area contributed by atoms with Gasteiger partial charge >= 0.3 is 5.97 Å². The molecule has 0 saturated carbocycles. The van der Waals surface area contributed by atoms with Gasteiger partial charge < -0.3 is 14.5 Å². The van der Waals surface area contributed by atoms with Crippen LogP contribution in [0.5, 0.6) is 0 Å². The molecule has 2 rings (SSSR count). The molecule has 0 saturated heterocycles. The number of methoxy groups -OCH3 is 1. The summed E-state index contributed by atoms with van der Waals surface area (Å²) in [5.41, 5.74) is 1.71. The Morgan fingerprint density at radius 2 is 2.00 bits per heavy atom. The van der Waals surface area contributed by atoms with Gasteiger partial charge in [0.05, 0.1) is 25.3 Å². The van der Waals surface area contributed by atoms with Gasteiger partial charge in [0.2, 0.25) is 5.76 Å². The molecule has 1 heterocycles. The largest absolute Gasteiger partial charge is 0.463 e. The Bertz CT molecular complexity index is 623. The molecule has 2 aromatic rings.